The molecule has 6 nitrogen and oxygen atoms in total. The number of carbonyl (C=O) groups is 1. The van der Waals surface area contributed by atoms with Crippen LogP contribution in [-0.2, 0) is 0 Å². The van der Waals surface area contributed by atoms with E-state index >= 15 is 0 Å². The molecule has 6 heteroatoms. The number of nitrogens with zero attached hydrogens (tertiary/aromatic N) is 3. The summed E-state index contributed by atoms with van der Waals surface area (Å²) in [5.41, 5.74) is 0.0605. The second-order valence-electron chi connectivity index (χ2n) is 5.44. The van der Waals surface area contributed by atoms with E-state index in [1.807, 2.05) is 0 Å². The molecule has 1 heterocycles. The predicted octanol–water partition coefficient (Wildman–Crippen LogP) is 0.326. The Labute approximate surface area is 112 Å². The third kappa shape index (κ3) is 2.68. The summed E-state index contributed by atoms with van der Waals surface area (Å²) in [4.78, 5) is 27.0. The van der Waals surface area contributed by atoms with Crippen molar-refractivity contribution in [3.8, 4) is 0 Å². The van der Waals surface area contributed by atoms with Gasteiger partial charge in [0.2, 0.25) is 0 Å². The molecule has 0 spiro atoms. The average molecular weight is 264 g/mol. The van der Waals surface area contributed by atoms with Gasteiger partial charge in [0.15, 0.2) is 0 Å². The summed E-state index contributed by atoms with van der Waals surface area (Å²) in [7, 11) is 5.88. The summed E-state index contributed by atoms with van der Waals surface area (Å²) in [6, 6.07) is 2.78. The summed E-state index contributed by atoms with van der Waals surface area (Å²) in [6.45, 7) is 0.680. The minimum Gasteiger partial charge on any atom is -0.338 e. The van der Waals surface area contributed by atoms with Gasteiger partial charge in [0.25, 0.3) is 11.5 Å². The van der Waals surface area contributed by atoms with E-state index < -0.39 is 0 Å². The quantitative estimate of drug-likeness (QED) is 0.850. The van der Waals surface area contributed by atoms with Crippen LogP contribution in [0.5, 0.6) is 0 Å². The summed E-state index contributed by atoms with van der Waals surface area (Å²) in [6.07, 6.45) is 3.42. The first-order chi connectivity index (χ1) is 8.94. The zero-order valence-electron chi connectivity index (χ0n) is 11.6. The first kappa shape index (κ1) is 13.7. The van der Waals surface area contributed by atoms with E-state index in [9.17, 15) is 9.59 Å². The zero-order chi connectivity index (χ0) is 14.0. The molecule has 1 N–H and O–H groups in total. The minimum absolute atomic E-state index is 0.0899. The SMILES string of the molecule is CN(CC1(N(C)C)CCC1)C(=O)c1ccc(=O)[nH]n1. The lowest BCUT2D eigenvalue weighted by Gasteiger charge is -2.49. The minimum atomic E-state index is -0.303. The van der Waals surface area contributed by atoms with Crippen LogP contribution in [0, 0.1) is 0 Å². The lowest BCUT2D eigenvalue weighted by Crippen LogP contribution is -2.57. The Bertz CT molecular complexity index is 499. The molecule has 104 valence electrons. The summed E-state index contributed by atoms with van der Waals surface area (Å²) < 4.78 is 0. The molecule has 1 aliphatic rings. The number of aromatic amines is 1. The number of H-pyrrole nitrogens is 1. The van der Waals surface area contributed by atoms with Gasteiger partial charge in [0, 0.05) is 25.2 Å². The molecule has 0 radical (unpaired) electrons. The summed E-state index contributed by atoms with van der Waals surface area (Å²) >= 11 is 0. The molecular weight excluding hydrogens is 244 g/mol. The average Bonchev–Trinajstić information content (AvgIpc) is 2.33. The van der Waals surface area contributed by atoms with Gasteiger partial charge in [0.05, 0.1) is 0 Å². The van der Waals surface area contributed by atoms with Gasteiger partial charge in [-0.3, -0.25) is 9.59 Å². The molecule has 0 unspecified atom stereocenters. The molecule has 1 aromatic rings. The standard InChI is InChI=1S/C13H20N4O2/c1-16(2)13(7-4-8-13)9-17(3)12(19)10-5-6-11(18)15-14-10/h5-6H,4,7-9H2,1-3H3,(H,15,18). The highest BCUT2D eigenvalue weighted by atomic mass is 16.2. The van der Waals surface area contributed by atoms with Crippen molar-refractivity contribution in [1.29, 1.82) is 0 Å². The second kappa shape index (κ2) is 5.13. The van der Waals surface area contributed by atoms with Gasteiger partial charge in [-0.2, -0.15) is 5.10 Å². The Kier molecular flexibility index (Phi) is 3.71. The third-order valence-electron chi connectivity index (χ3n) is 4.01. The van der Waals surface area contributed by atoms with Crippen LogP contribution in [-0.4, -0.2) is 59.1 Å². The van der Waals surface area contributed by atoms with Crippen LogP contribution in [0.1, 0.15) is 29.8 Å². The van der Waals surface area contributed by atoms with Crippen LogP contribution >= 0.6 is 0 Å². The smallest absolute Gasteiger partial charge is 0.274 e. The monoisotopic (exact) mass is 264 g/mol. The zero-order valence-corrected chi connectivity index (χ0v) is 11.6. The fraction of sp³-hybridized carbons (Fsp3) is 0.615. The van der Waals surface area contributed by atoms with Crippen LogP contribution in [0.15, 0.2) is 16.9 Å². The molecule has 19 heavy (non-hydrogen) atoms. The molecule has 0 bridgehead atoms. The fourth-order valence-electron chi connectivity index (χ4n) is 2.50. The first-order valence-electron chi connectivity index (χ1n) is 6.43. The van der Waals surface area contributed by atoms with Crippen LogP contribution in [0.3, 0.4) is 0 Å². The predicted molar refractivity (Wildman–Crippen MR) is 72.1 cm³/mol. The number of nitrogens with one attached hydrogen (secondary N) is 1. The molecule has 0 aliphatic heterocycles. The Morgan fingerprint density at radius 2 is 2.05 bits per heavy atom. The van der Waals surface area contributed by atoms with Crippen LogP contribution in [0.4, 0.5) is 0 Å². The van der Waals surface area contributed by atoms with Gasteiger partial charge in [-0.25, -0.2) is 5.10 Å². The van der Waals surface area contributed by atoms with Crippen LogP contribution < -0.4 is 5.56 Å². The van der Waals surface area contributed by atoms with Crippen LogP contribution in [0.25, 0.3) is 0 Å². The van der Waals surface area contributed by atoms with Crippen molar-refractivity contribution in [3.63, 3.8) is 0 Å². The lowest BCUT2D eigenvalue weighted by atomic mass is 9.75. The molecule has 1 amide bonds. The molecule has 1 aliphatic carbocycles. The van der Waals surface area contributed by atoms with E-state index in [2.05, 4.69) is 29.2 Å². The van der Waals surface area contributed by atoms with Crippen molar-refractivity contribution < 1.29 is 4.79 Å². The van der Waals surface area contributed by atoms with Crippen molar-refractivity contribution in [2.75, 3.05) is 27.7 Å². The Morgan fingerprint density at radius 1 is 1.37 bits per heavy atom. The van der Waals surface area contributed by atoms with E-state index in [1.54, 1.807) is 11.9 Å². The fourth-order valence-corrected chi connectivity index (χ4v) is 2.50. The summed E-state index contributed by atoms with van der Waals surface area (Å²) in [5, 5.41) is 6.06. The highest BCUT2D eigenvalue weighted by Crippen LogP contribution is 2.36. The van der Waals surface area contributed by atoms with Crippen molar-refractivity contribution >= 4 is 5.91 Å². The second-order valence-corrected chi connectivity index (χ2v) is 5.44. The maximum Gasteiger partial charge on any atom is 0.274 e. The maximum atomic E-state index is 12.2. The molecule has 0 aromatic carbocycles. The van der Waals surface area contributed by atoms with Crippen molar-refractivity contribution in [1.82, 2.24) is 20.0 Å². The van der Waals surface area contributed by atoms with Crippen molar-refractivity contribution in [2.45, 2.75) is 24.8 Å². The number of aromatic nitrogens is 2. The van der Waals surface area contributed by atoms with Gasteiger partial charge >= 0.3 is 0 Å². The topological polar surface area (TPSA) is 69.3 Å². The van der Waals surface area contributed by atoms with Gasteiger partial charge in [-0.15, -0.1) is 0 Å². The molecule has 1 fully saturated rings. The van der Waals surface area contributed by atoms with Crippen molar-refractivity contribution in [2.24, 2.45) is 0 Å². The van der Waals surface area contributed by atoms with Gasteiger partial charge in [-0.1, -0.05) is 0 Å². The number of rotatable bonds is 4. The molecule has 1 aromatic heterocycles. The molecule has 0 atom stereocenters. The van der Waals surface area contributed by atoms with Crippen molar-refractivity contribution in [3.05, 3.63) is 28.2 Å². The van der Waals surface area contributed by atoms with E-state index in [0.29, 0.717) is 6.54 Å². The number of amides is 1. The third-order valence-corrected chi connectivity index (χ3v) is 4.01. The number of hydrogen-bond donors (Lipinski definition) is 1. The van der Waals surface area contributed by atoms with E-state index in [4.69, 9.17) is 0 Å². The van der Waals surface area contributed by atoms with Crippen LogP contribution in [0.2, 0.25) is 0 Å². The first-order valence-corrected chi connectivity index (χ1v) is 6.43. The number of likely N-dealkylation sites (N-methyl/N-ethyl adjacent to an activating group) is 2. The highest BCUT2D eigenvalue weighted by molar-refractivity contribution is 5.91. The lowest BCUT2D eigenvalue weighted by molar-refractivity contribution is 0.0249. The van der Waals surface area contributed by atoms with E-state index in [-0.39, 0.29) is 22.7 Å². The normalized spacial score (nSPS) is 17.1. The van der Waals surface area contributed by atoms with E-state index in [1.165, 1.54) is 18.6 Å². The Balaban J connectivity index is 2.07. The number of carbonyl (C=O) groups excluding carboxylic acids is 1. The number of hydrogen-bond acceptors (Lipinski definition) is 4. The highest BCUT2D eigenvalue weighted by Gasteiger charge is 2.40. The van der Waals surface area contributed by atoms with Gasteiger partial charge in [-0.05, 0) is 39.4 Å². The molecular formula is C13H20N4O2. The van der Waals surface area contributed by atoms with Gasteiger partial charge in [0.1, 0.15) is 5.69 Å². The summed E-state index contributed by atoms with van der Waals surface area (Å²) in [5.74, 6) is -0.163. The molecule has 2 rings (SSSR count). The largest absolute Gasteiger partial charge is 0.338 e. The maximum absolute atomic E-state index is 12.2. The molecule has 0 saturated heterocycles. The Morgan fingerprint density at radius 3 is 2.47 bits per heavy atom. The Hall–Kier alpha value is -1.69. The van der Waals surface area contributed by atoms with E-state index in [0.717, 1.165) is 12.8 Å². The molecule has 1 saturated carbocycles. The van der Waals surface area contributed by atoms with Gasteiger partial charge < -0.3 is 9.80 Å².